The number of pyridine rings is 1. The Hall–Kier alpha value is -2.56. The highest BCUT2D eigenvalue weighted by Gasteiger charge is 2.21. The van der Waals surface area contributed by atoms with Gasteiger partial charge in [-0.3, -0.25) is 4.79 Å². The Labute approximate surface area is 110 Å². The SMILES string of the molecule is COc1ccc(Nc2ccnc3c2CC(=O)N3)cc1. The zero-order valence-corrected chi connectivity index (χ0v) is 10.4. The van der Waals surface area contributed by atoms with Gasteiger partial charge in [-0.2, -0.15) is 0 Å². The number of ether oxygens (including phenoxy) is 1. The van der Waals surface area contributed by atoms with Crippen molar-refractivity contribution >= 4 is 23.1 Å². The summed E-state index contributed by atoms with van der Waals surface area (Å²) < 4.78 is 5.12. The Kier molecular flexibility index (Phi) is 2.79. The fraction of sp³-hybridized carbons (Fsp3) is 0.143. The van der Waals surface area contributed by atoms with E-state index in [9.17, 15) is 4.79 Å². The maximum Gasteiger partial charge on any atom is 0.230 e. The average Bonchev–Trinajstić information content (AvgIpc) is 2.81. The summed E-state index contributed by atoms with van der Waals surface area (Å²) in [5, 5.41) is 6.02. The molecule has 0 saturated carbocycles. The number of nitrogens with zero attached hydrogens (tertiary/aromatic N) is 1. The predicted octanol–water partition coefficient (Wildman–Crippen LogP) is 2.33. The zero-order valence-electron chi connectivity index (χ0n) is 10.4. The molecule has 3 rings (SSSR count). The van der Waals surface area contributed by atoms with Crippen molar-refractivity contribution in [2.45, 2.75) is 6.42 Å². The molecule has 0 spiro atoms. The van der Waals surface area contributed by atoms with Crippen LogP contribution in [0.1, 0.15) is 5.56 Å². The Morgan fingerprint density at radius 2 is 2.05 bits per heavy atom. The Morgan fingerprint density at radius 3 is 2.79 bits per heavy atom. The summed E-state index contributed by atoms with van der Waals surface area (Å²) in [6, 6.07) is 9.48. The second-order valence-corrected chi connectivity index (χ2v) is 4.26. The smallest absolute Gasteiger partial charge is 0.230 e. The van der Waals surface area contributed by atoms with Gasteiger partial charge in [0.15, 0.2) is 0 Å². The summed E-state index contributed by atoms with van der Waals surface area (Å²) in [5.74, 6) is 1.43. The number of fused-ring (bicyclic) bond motifs is 1. The van der Waals surface area contributed by atoms with E-state index in [0.717, 1.165) is 22.7 Å². The Balaban J connectivity index is 1.87. The minimum absolute atomic E-state index is 0.0218. The molecule has 0 atom stereocenters. The van der Waals surface area contributed by atoms with Gasteiger partial charge in [0.25, 0.3) is 0 Å². The Bertz CT molecular complexity index is 623. The van der Waals surface area contributed by atoms with Gasteiger partial charge in [-0.1, -0.05) is 0 Å². The highest BCUT2D eigenvalue weighted by Crippen LogP contribution is 2.30. The fourth-order valence-corrected chi connectivity index (χ4v) is 2.06. The zero-order chi connectivity index (χ0) is 13.2. The van der Waals surface area contributed by atoms with Crippen molar-refractivity contribution in [2.75, 3.05) is 17.7 Å². The van der Waals surface area contributed by atoms with Gasteiger partial charge in [-0.15, -0.1) is 0 Å². The minimum Gasteiger partial charge on any atom is -0.497 e. The molecular weight excluding hydrogens is 242 g/mol. The summed E-state index contributed by atoms with van der Waals surface area (Å²) in [4.78, 5) is 15.5. The average molecular weight is 255 g/mol. The number of anilines is 3. The van der Waals surface area contributed by atoms with Gasteiger partial charge in [0.2, 0.25) is 5.91 Å². The lowest BCUT2D eigenvalue weighted by Crippen LogP contribution is -2.04. The van der Waals surface area contributed by atoms with E-state index >= 15 is 0 Å². The fourth-order valence-electron chi connectivity index (χ4n) is 2.06. The van der Waals surface area contributed by atoms with E-state index in [0.29, 0.717) is 12.2 Å². The number of aromatic nitrogens is 1. The van der Waals surface area contributed by atoms with Crippen LogP contribution in [0, 0.1) is 0 Å². The first kappa shape index (κ1) is 11.5. The highest BCUT2D eigenvalue weighted by molar-refractivity contribution is 6.00. The first-order valence-corrected chi connectivity index (χ1v) is 5.95. The van der Waals surface area contributed by atoms with Crippen LogP contribution < -0.4 is 15.4 Å². The van der Waals surface area contributed by atoms with Crippen LogP contribution in [0.25, 0.3) is 0 Å². The molecule has 2 aromatic rings. The number of benzene rings is 1. The second-order valence-electron chi connectivity index (χ2n) is 4.26. The lowest BCUT2D eigenvalue weighted by molar-refractivity contribution is -0.115. The van der Waals surface area contributed by atoms with E-state index in [1.54, 1.807) is 13.3 Å². The number of carbonyl (C=O) groups is 1. The first-order valence-electron chi connectivity index (χ1n) is 5.95. The molecule has 5 nitrogen and oxygen atoms in total. The summed E-state index contributed by atoms with van der Waals surface area (Å²) in [6.07, 6.45) is 2.04. The number of rotatable bonds is 3. The lowest BCUT2D eigenvalue weighted by atomic mass is 10.1. The molecule has 96 valence electrons. The normalized spacial score (nSPS) is 12.8. The molecule has 0 unspecified atom stereocenters. The maximum absolute atomic E-state index is 11.4. The lowest BCUT2D eigenvalue weighted by Gasteiger charge is -2.10. The molecule has 1 aromatic carbocycles. The monoisotopic (exact) mass is 255 g/mol. The number of amides is 1. The second kappa shape index (κ2) is 4.61. The van der Waals surface area contributed by atoms with Crippen molar-refractivity contribution in [3.05, 3.63) is 42.1 Å². The van der Waals surface area contributed by atoms with Crippen molar-refractivity contribution in [3.8, 4) is 5.75 Å². The molecule has 5 heteroatoms. The predicted molar refractivity (Wildman–Crippen MR) is 72.8 cm³/mol. The van der Waals surface area contributed by atoms with Crippen LogP contribution in [0.4, 0.5) is 17.2 Å². The minimum atomic E-state index is -0.0218. The number of carbonyl (C=O) groups excluding carboxylic acids is 1. The van der Waals surface area contributed by atoms with Crippen LogP contribution in [-0.4, -0.2) is 18.0 Å². The van der Waals surface area contributed by atoms with E-state index in [1.165, 1.54) is 0 Å². The number of methoxy groups -OCH3 is 1. The molecule has 2 N–H and O–H groups in total. The van der Waals surface area contributed by atoms with Crippen LogP contribution in [0.15, 0.2) is 36.5 Å². The summed E-state index contributed by atoms with van der Waals surface area (Å²) in [7, 11) is 1.63. The third-order valence-electron chi connectivity index (χ3n) is 3.02. The number of nitrogens with one attached hydrogen (secondary N) is 2. The van der Waals surface area contributed by atoms with Crippen molar-refractivity contribution in [2.24, 2.45) is 0 Å². The van der Waals surface area contributed by atoms with Gasteiger partial charge in [0.05, 0.1) is 13.5 Å². The summed E-state index contributed by atoms with van der Waals surface area (Å²) in [5.41, 5.74) is 2.74. The van der Waals surface area contributed by atoms with E-state index in [1.807, 2.05) is 30.3 Å². The van der Waals surface area contributed by atoms with E-state index in [-0.39, 0.29) is 5.91 Å². The van der Waals surface area contributed by atoms with Gasteiger partial charge in [-0.25, -0.2) is 4.98 Å². The number of hydrogen-bond acceptors (Lipinski definition) is 4. The van der Waals surface area contributed by atoms with E-state index in [4.69, 9.17) is 4.74 Å². The van der Waals surface area contributed by atoms with E-state index in [2.05, 4.69) is 15.6 Å². The van der Waals surface area contributed by atoms with Crippen LogP contribution in [0.5, 0.6) is 5.75 Å². The first-order chi connectivity index (χ1) is 9.26. The molecule has 2 heterocycles. The molecule has 19 heavy (non-hydrogen) atoms. The standard InChI is InChI=1S/C14H13N3O2/c1-19-10-4-2-9(3-5-10)16-12-6-7-15-14-11(12)8-13(18)17-14/h2-7H,8H2,1H3,(H2,15,16,17,18). The van der Waals surface area contributed by atoms with Crippen molar-refractivity contribution in [1.29, 1.82) is 0 Å². The third kappa shape index (κ3) is 2.22. The van der Waals surface area contributed by atoms with Crippen LogP contribution in [-0.2, 0) is 11.2 Å². The molecule has 0 saturated heterocycles. The largest absolute Gasteiger partial charge is 0.497 e. The number of hydrogen-bond donors (Lipinski definition) is 2. The van der Waals surface area contributed by atoms with E-state index < -0.39 is 0 Å². The van der Waals surface area contributed by atoms with Gasteiger partial charge >= 0.3 is 0 Å². The van der Waals surface area contributed by atoms with Gasteiger partial charge in [0.1, 0.15) is 11.6 Å². The highest BCUT2D eigenvalue weighted by atomic mass is 16.5. The molecule has 0 fully saturated rings. The topological polar surface area (TPSA) is 63.2 Å². The van der Waals surface area contributed by atoms with Gasteiger partial charge in [0, 0.05) is 23.1 Å². The van der Waals surface area contributed by atoms with Crippen molar-refractivity contribution < 1.29 is 9.53 Å². The van der Waals surface area contributed by atoms with Gasteiger partial charge < -0.3 is 15.4 Å². The molecule has 0 radical (unpaired) electrons. The molecule has 1 aliphatic rings. The Morgan fingerprint density at radius 1 is 1.26 bits per heavy atom. The molecular formula is C14H13N3O2. The third-order valence-corrected chi connectivity index (χ3v) is 3.02. The van der Waals surface area contributed by atoms with Crippen LogP contribution in [0.2, 0.25) is 0 Å². The van der Waals surface area contributed by atoms with Crippen molar-refractivity contribution in [1.82, 2.24) is 4.98 Å². The van der Waals surface area contributed by atoms with Crippen LogP contribution >= 0.6 is 0 Å². The summed E-state index contributed by atoms with van der Waals surface area (Å²) in [6.45, 7) is 0. The molecule has 1 amide bonds. The molecule has 0 bridgehead atoms. The maximum atomic E-state index is 11.4. The quantitative estimate of drug-likeness (QED) is 0.883. The summed E-state index contributed by atoms with van der Waals surface area (Å²) >= 11 is 0. The van der Waals surface area contributed by atoms with Crippen molar-refractivity contribution in [3.63, 3.8) is 0 Å². The van der Waals surface area contributed by atoms with Gasteiger partial charge in [-0.05, 0) is 30.3 Å². The van der Waals surface area contributed by atoms with Crippen LogP contribution in [0.3, 0.4) is 0 Å². The molecule has 0 aliphatic carbocycles. The molecule has 1 aliphatic heterocycles. The molecule has 1 aromatic heterocycles.